The number of amides is 2. The second-order valence-corrected chi connectivity index (χ2v) is 7.18. The van der Waals surface area contributed by atoms with E-state index in [1.807, 2.05) is 43.0 Å². The fraction of sp³-hybridized carbons (Fsp3) is 0.412. The van der Waals surface area contributed by atoms with Crippen molar-refractivity contribution in [2.45, 2.75) is 26.2 Å². The van der Waals surface area contributed by atoms with Gasteiger partial charge in [-0.1, -0.05) is 32.0 Å². The maximum atomic E-state index is 12.2. The normalized spacial score (nSPS) is 18.3. The van der Waals surface area contributed by atoms with E-state index in [4.69, 9.17) is 5.73 Å². The van der Waals surface area contributed by atoms with Crippen LogP contribution in [0, 0.1) is 5.92 Å². The third-order valence-electron chi connectivity index (χ3n) is 4.26. The number of nitrogens with two attached hydrogens (primary N) is 1. The van der Waals surface area contributed by atoms with Crippen LogP contribution in [0.25, 0.3) is 10.1 Å². The molecule has 116 valence electrons. The van der Waals surface area contributed by atoms with Gasteiger partial charge in [0.1, 0.15) is 0 Å². The quantitative estimate of drug-likeness (QED) is 0.946. The standard InChI is InChI=1S/C17H20N2O2S/c1-10(2)17(21)19-8-7-11(9-19)14-12-5-3-4-6-13(12)22-15(14)16(18)20/h3-6,10-11H,7-9H2,1-2H3,(H2,18,20)/t11-/m1/s1. The molecule has 2 amide bonds. The number of carbonyl (C=O) groups excluding carboxylic acids is 2. The fourth-order valence-corrected chi connectivity index (χ4v) is 4.36. The van der Waals surface area contributed by atoms with Crippen LogP contribution in [0.4, 0.5) is 0 Å². The lowest BCUT2D eigenvalue weighted by Crippen LogP contribution is -2.32. The van der Waals surface area contributed by atoms with Crippen molar-refractivity contribution in [3.05, 3.63) is 34.7 Å². The molecule has 1 aromatic heterocycles. The van der Waals surface area contributed by atoms with Crippen LogP contribution in [0.2, 0.25) is 0 Å². The SMILES string of the molecule is CC(C)C(=O)N1CC[C@@H](c2c(C(N)=O)sc3ccccc23)C1. The van der Waals surface area contributed by atoms with Crippen molar-refractivity contribution < 1.29 is 9.59 Å². The molecule has 22 heavy (non-hydrogen) atoms. The Morgan fingerprint density at radius 2 is 2.05 bits per heavy atom. The van der Waals surface area contributed by atoms with Gasteiger partial charge in [-0.2, -0.15) is 0 Å². The number of benzene rings is 1. The average Bonchev–Trinajstić information content (AvgIpc) is 3.10. The van der Waals surface area contributed by atoms with Crippen LogP contribution in [0.3, 0.4) is 0 Å². The number of likely N-dealkylation sites (tertiary alicyclic amines) is 1. The monoisotopic (exact) mass is 316 g/mol. The summed E-state index contributed by atoms with van der Waals surface area (Å²) in [4.78, 5) is 26.6. The molecule has 0 spiro atoms. The predicted octanol–water partition coefficient (Wildman–Crippen LogP) is 2.97. The lowest BCUT2D eigenvalue weighted by molar-refractivity contribution is -0.133. The molecule has 2 aromatic rings. The third kappa shape index (κ3) is 2.50. The summed E-state index contributed by atoms with van der Waals surface area (Å²) in [6.45, 7) is 5.27. The smallest absolute Gasteiger partial charge is 0.259 e. The Hall–Kier alpha value is -1.88. The number of carbonyl (C=O) groups is 2. The van der Waals surface area contributed by atoms with Gasteiger partial charge in [0, 0.05) is 29.6 Å². The largest absolute Gasteiger partial charge is 0.365 e. The van der Waals surface area contributed by atoms with Crippen LogP contribution < -0.4 is 5.73 Å². The van der Waals surface area contributed by atoms with Crippen LogP contribution in [0.15, 0.2) is 24.3 Å². The van der Waals surface area contributed by atoms with E-state index in [-0.39, 0.29) is 23.7 Å². The molecular weight excluding hydrogens is 296 g/mol. The van der Waals surface area contributed by atoms with Crippen molar-refractivity contribution in [1.29, 1.82) is 0 Å². The van der Waals surface area contributed by atoms with Gasteiger partial charge >= 0.3 is 0 Å². The first-order valence-electron chi connectivity index (χ1n) is 7.59. The van der Waals surface area contributed by atoms with E-state index in [1.165, 1.54) is 11.3 Å². The first kappa shape index (κ1) is 15.0. The highest BCUT2D eigenvalue weighted by molar-refractivity contribution is 7.21. The van der Waals surface area contributed by atoms with Crippen LogP contribution in [-0.2, 0) is 4.79 Å². The Morgan fingerprint density at radius 1 is 1.32 bits per heavy atom. The zero-order chi connectivity index (χ0) is 15.9. The summed E-state index contributed by atoms with van der Waals surface area (Å²) in [6.07, 6.45) is 0.888. The molecule has 1 aromatic carbocycles. The zero-order valence-corrected chi connectivity index (χ0v) is 13.7. The van der Waals surface area contributed by atoms with E-state index in [1.54, 1.807) is 0 Å². The summed E-state index contributed by atoms with van der Waals surface area (Å²) < 4.78 is 1.08. The van der Waals surface area contributed by atoms with Crippen molar-refractivity contribution in [2.24, 2.45) is 11.7 Å². The molecule has 2 N–H and O–H groups in total. The molecule has 4 nitrogen and oxygen atoms in total. The minimum atomic E-state index is -0.371. The highest BCUT2D eigenvalue weighted by Crippen LogP contribution is 2.40. The Bertz CT molecular complexity index is 735. The summed E-state index contributed by atoms with van der Waals surface area (Å²) in [6, 6.07) is 8.01. The van der Waals surface area contributed by atoms with Crippen molar-refractivity contribution in [3.63, 3.8) is 0 Å². The number of fused-ring (bicyclic) bond motifs is 1. The van der Waals surface area contributed by atoms with E-state index in [9.17, 15) is 9.59 Å². The number of hydrogen-bond donors (Lipinski definition) is 1. The van der Waals surface area contributed by atoms with Crippen LogP contribution >= 0.6 is 11.3 Å². The molecule has 1 aliphatic heterocycles. The second-order valence-electron chi connectivity index (χ2n) is 6.13. The molecule has 5 heteroatoms. The van der Waals surface area contributed by atoms with Crippen LogP contribution in [0.5, 0.6) is 0 Å². The van der Waals surface area contributed by atoms with E-state index >= 15 is 0 Å². The van der Waals surface area contributed by atoms with Crippen LogP contribution in [0.1, 0.15) is 41.4 Å². The first-order valence-corrected chi connectivity index (χ1v) is 8.40. The highest BCUT2D eigenvalue weighted by atomic mass is 32.1. The molecule has 2 heterocycles. The van der Waals surface area contributed by atoms with Crippen molar-refractivity contribution in [2.75, 3.05) is 13.1 Å². The molecule has 0 bridgehead atoms. The maximum Gasteiger partial charge on any atom is 0.259 e. The summed E-state index contributed by atoms with van der Waals surface area (Å²) in [7, 11) is 0. The van der Waals surface area contributed by atoms with Crippen LogP contribution in [-0.4, -0.2) is 29.8 Å². The molecular formula is C17H20N2O2S. The third-order valence-corrected chi connectivity index (χ3v) is 5.46. The predicted molar refractivity (Wildman–Crippen MR) is 89.1 cm³/mol. The van der Waals surface area contributed by atoms with Gasteiger partial charge in [0.15, 0.2) is 0 Å². The van der Waals surface area contributed by atoms with Crippen molar-refractivity contribution in [1.82, 2.24) is 4.90 Å². The van der Waals surface area contributed by atoms with E-state index < -0.39 is 0 Å². The Kier molecular flexibility index (Phi) is 3.91. The number of hydrogen-bond acceptors (Lipinski definition) is 3. The van der Waals surface area contributed by atoms with E-state index in [0.29, 0.717) is 11.4 Å². The zero-order valence-electron chi connectivity index (χ0n) is 12.8. The molecule has 0 saturated carbocycles. The van der Waals surface area contributed by atoms with Crippen molar-refractivity contribution in [3.8, 4) is 0 Å². The van der Waals surface area contributed by atoms with E-state index in [0.717, 1.165) is 28.6 Å². The van der Waals surface area contributed by atoms with Gasteiger partial charge in [-0.05, 0) is 23.4 Å². The minimum absolute atomic E-state index is 0.00794. The first-order chi connectivity index (χ1) is 10.5. The van der Waals surface area contributed by atoms with Gasteiger partial charge in [0.25, 0.3) is 5.91 Å². The van der Waals surface area contributed by atoms with Crippen molar-refractivity contribution >= 4 is 33.2 Å². The van der Waals surface area contributed by atoms with Gasteiger partial charge < -0.3 is 10.6 Å². The minimum Gasteiger partial charge on any atom is -0.365 e. The Balaban J connectivity index is 1.98. The van der Waals surface area contributed by atoms with E-state index in [2.05, 4.69) is 0 Å². The van der Waals surface area contributed by atoms with Gasteiger partial charge in [0.2, 0.25) is 5.91 Å². The summed E-state index contributed by atoms with van der Waals surface area (Å²) in [5, 5.41) is 1.10. The fourth-order valence-electron chi connectivity index (χ4n) is 3.21. The summed E-state index contributed by atoms with van der Waals surface area (Å²) in [5.74, 6) is 0.0161. The number of thiophene rings is 1. The average molecular weight is 316 g/mol. The Morgan fingerprint density at radius 3 is 2.73 bits per heavy atom. The molecule has 1 aliphatic rings. The number of rotatable bonds is 3. The second kappa shape index (κ2) is 5.72. The molecule has 1 atom stereocenters. The molecule has 0 radical (unpaired) electrons. The van der Waals surface area contributed by atoms with Gasteiger partial charge in [0.05, 0.1) is 4.88 Å². The number of nitrogens with zero attached hydrogens (tertiary/aromatic N) is 1. The summed E-state index contributed by atoms with van der Waals surface area (Å²) >= 11 is 1.46. The highest BCUT2D eigenvalue weighted by Gasteiger charge is 2.32. The topological polar surface area (TPSA) is 63.4 Å². The molecule has 0 aliphatic carbocycles. The van der Waals surface area contributed by atoms with Gasteiger partial charge in [-0.25, -0.2) is 0 Å². The van der Waals surface area contributed by atoms with Gasteiger partial charge in [-0.15, -0.1) is 11.3 Å². The number of primary amides is 1. The molecule has 0 unspecified atom stereocenters. The molecule has 3 rings (SSSR count). The summed E-state index contributed by atoms with van der Waals surface area (Å²) in [5.41, 5.74) is 6.61. The lowest BCUT2D eigenvalue weighted by atomic mass is 9.95. The molecule has 1 fully saturated rings. The lowest BCUT2D eigenvalue weighted by Gasteiger charge is -2.19. The van der Waals surface area contributed by atoms with Gasteiger partial charge in [-0.3, -0.25) is 9.59 Å². The Labute approximate surface area is 133 Å². The maximum absolute atomic E-state index is 12.2. The molecule has 1 saturated heterocycles.